The van der Waals surface area contributed by atoms with Crippen LogP contribution in [0.3, 0.4) is 0 Å². The average Bonchev–Trinajstić information content (AvgIpc) is 3.36. The lowest BCUT2D eigenvalue weighted by Gasteiger charge is -2.18. The Morgan fingerprint density at radius 3 is 1.07 bits per heavy atom. The molecule has 0 bridgehead atoms. The van der Waals surface area contributed by atoms with Gasteiger partial charge in [0.05, 0.1) is 0 Å². The molecular weight excluding hydrogens is 865 g/mol. The van der Waals surface area contributed by atoms with Crippen LogP contribution in [0.2, 0.25) is 0 Å². The van der Waals surface area contributed by atoms with Crippen LogP contribution < -0.4 is 0 Å². The molecule has 0 rings (SSSR count). The van der Waals surface area contributed by atoms with Crippen molar-refractivity contribution in [1.29, 1.82) is 0 Å². The van der Waals surface area contributed by atoms with Gasteiger partial charge in [-0.25, -0.2) is 0 Å². The number of esters is 3. The highest BCUT2D eigenvalue weighted by Gasteiger charge is 2.19. The molecule has 0 N–H and O–H groups in total. The third-order valence-electron chi connectivity index (χ3n) is 11.8. The Kier molecular flexibility index (Phi) is 54.0. The summed E-state index contributed by atoms with van der Waals surface area (Å²) in [6, 6.07) is 0. The van der Waals surface area contributed by atoms with E-state index in [4.69, 9.17) is 14.2 Å². The highest BCUT2D eigenvalue weighted by Crippen LogP contribution is 2.14. The molecule has 0 saturated carbocycles. The van der Waals surface area contributed by atoms with Crippen molar-refractivity contribution in [2.45, 2.75) is 252 Å². The number of hydrogen-bond donors (Lipinski definition) is 0. The summed E-state index contributed by atoms with van der Waals surface area (Å²) in [5, 5.41) is 0. The first-order valence-corrected chi connectivity index (χ1v) is 28.6. The van der Waals surface area contributed by atoms with E-state index in [-0.39, 0.29) is 37.5 Å². The Labute approximate surface area is 431 Å². The summed E-state index contributed by atoms with van der Waals surface area (Å²) in [7, 11) is 0. The van der Waals surface area contributed by atoms with Gasteiger partial charge in [0.15, 0.2) is 6.10 Å². The van der Waals surface area contributed by atoms with Gasteiger partial charge in [-0.05, 0) is 96.3 Å². The Morgan fingerprint density at radius 2 is 0.629 bits per heavy atom. The van der Waals surface area contributed by atoms with Crippen LogP contribution in [0, 0.1) is 0 Å². The largest absolute Gasteiger partial charge is 0.462 e. The molecule has 0 aromatic heterocycles. The summed E-state index contributed by atoms with van der Waals surface area (Å²) in [4.78, 5) is 38.2. The van der Waals surface area contributed by atoms with Crippen molar-refractivity contribution in [2.24, 2.45) is 0 Å². The van der Waals surface area contributed by atoms with Crippen molar-refractivity contribution < 1.29 is 28.6 Å². The maximum absolute atomic E-state index is 12.8. The van der Waals surface area contributed by atoms with E-state index in [0.717, 1.165) is 103 Å². The molecule has 1 unspecified atom stereocenters. The predicted octanol–water partition coefficient (Wildman–Crippen LogP) is 19.3. The Balaban J connectivity index is 4.50. The first-order chi connectivity index (χ1) is 34.5. The van der Waals surface area contributed by atoms with Crippen molar-refractivity contribution in [3.63, 3.8) is 0 Å². The zero-order chi connectivity index (χ0) is 50.7. The summed E-state index contributed by atoms with van der Waals surface area (Å²) >= 11 is 0. The zero-order valence-corrected chi connectivity index (χ0v) is 45.2. The van der Waals surface area contributed by atoms with Crippen LogP contribution in [-0.2, 0) is 28.6 Å². The summed E-state index contributed by atoms with van der Waals surface area (Å²) in [5.41, 5.74) is 0. The lowest BCUT2D eigenvalue weighted by molar-refractivity contribution is -0.167. The van der Waals surface area contributed by atoms with Gasteiger partial charge in [0.25, 0.3) is 0 Å². The number of rotatable bonds is 50. The SMILES string of the molecule is CC\C=C/C=C\C=C/C=C\C=C\C=C/CCCCCC(=O)OC(COC(=O)CCCCCCC/C=C\CCCCCCCCC)COC(=O)CCCCCCCCCCC/C=C\C/C=C\C/C=C\CC. The summed E-state index contributed by atoms with van der Waals surface area (Å²) < 4.78 is 16.8. The number of unbranched alkanes of at least 4 members (excludes halogenated alkanes) is 24. The van der Waals surface area contributed by atoms with Crippen molar-refractivity contribution in [3.8, 4) is 0 Å². The van der Waals surface area contributed by atoms with Crippen molar-refractivity contribution >= 4 is 17.9 Å². The molecule has 6 nitrogen and oxygen atoms in total. The second kappa shape index (κ2) is 57.4. The highest BCUT2D eigenvalue weighted by molar-refractivity contribution is 5.71. The van der Waals surface area contributed by atoms with Crippen molar-refractivity contribution in [3.05, 3.63) is 122 Å². The second-order valence-electron chi connectivity index (χ2n) is 18.6. The molecule has 0 aromatic rings. The summed E-state index contributed by atoms with van der Waals surface area (Å²) in [5.74, 6) is -0.963. The maximum atomic E-state index is 12.8. The number of hydrogen-bond acceptors (Lipinski definition) is 6. The van der Waals surface area contributed by atoms with E-state index in [0.29, 0.717) is 19.3 Å². The fourth-order valence-corrected chi connectivity index (χ4v) is 7.60. The van der Waals surface area contributed by atoms with Crippen LogP contribution in [0.4, 0.5) is 0 Å². The van der Waals surface area contributed by atoms with Gasteiger partial charge in [0.1, 0.15) is 13.2 Å². The smallest absolute Gasteiger partial charge is 0.306 e. The molecular formula is C64H104O6. The van der Waals surface area contributed by atoms with Gasteiger partial charge < -0.3 is 14.2 Å². The zero-order valence-electron chi connectivity index (χ0n) is 45.2. The summed E-state index contributed by atoms with van der Waals surface area (Å²) in [6.07, 6.45) is 79.0. The number of carbonyl (C=O) groups is 3. The second-order valence-corrected chi connectivity index (χ2v) is 18.6. The fraction of sp³-hybridized carbons (Fsp3) is 0.641. The molecule has 0 aromatic carbocycles. The normalized spacial score (nSPS) is 13.0. The van der Waals surface area contributed by atoms with E-state index < -0.39 is 6.10 Å². The first-order valence-electron chi connectivity index (χ1n) is 28.6. The van der Waals surface area contributed by atoms with Gasteiger partial charge >= 0.3 is 17.9 Å². The molecule has 0 aliphatic carbocycles. The van der Waals surface area contributed by atoms with Gasteiger partial charge in [-0.15, -0.1) is 0 Å². The number of ether oxygens (including phenoxy) is 3. The molecule has 0 amide bonds. The monoisotopic (exact) mass is 969 g/mol. The van der Waals surface area contributed by atoms with Gasteiger partial charge in [-0.2, -0.15) is 0 Å². The summed E-state index contributed by atoms with van der Waals surface area (Å²) in [6.45, 7) is 6.34. The molecule has 396 valence electrons. The van der Waals surface area contributed by atoms with Crippen LogP contribution >= 0.6 is 0 Å². The van der Waals surface area contributed by atoms with Crippen LogP contribution in [-0.4, -0.2) is 37.2 Å². The molecule has 70 heavy (non-hydrogen) atoms. The van der Waals surface area contributed by atoms with Gasteiger partial charge in [-0.1, -0.05) is 251 Å². The third-order valence-corrected chi connectivity index (χ3v) is 11.8. The van der Waals surface area contributed by atoms with E-state index >= 15 is 0 Å². The minimum absolute atomic E-state index is 0.105. The Morgan fingerprint density at radius 1 is 0.314 bits per heavy atom. The predicted molar refractivity (Wildman–Crippen MR) is 302 cm³/mol. The minimum Gasteiger partial charge on any atom is -0.462 e. The lowest BCUT2D eigenvalue weighted by atomic mass is 10.1. The molecule has 0 fully saturated rings. The molecule has 0 saturated heterocycles. The standard InChI is InChI=1S/C64H104O6/c1-4-7-10-13-16-19-22-25-28-31-32-34-36-39-42-45-48-51-54-57-63(66)69-60-61(59-68-62(65)56-53-50-47-44-41-38-35-30-27-24-21-18-15-12-9-6-3)70-64(67)58-55-52-49-46-43-40-37-33-29-26-23-20-17-14-11-8-5-2/h7-8,10-11,14,16-17,19-20,23,25-26,28-30,33,35,37,40,43,61H,4-6,9,12-13,15,18,21-22,24,27,31-32,34,36,38-39,41-42,44-60H2,1-3H3/b10-7-,11-8-,17-14-,19-16-,23-20-,28-25-,29-26-,35-30-,37-33+,43-40-. The molecule has 0 radical (unpaired) electrons. The van der Waals surface area contributed by atoms with E-state index in [2.05, 4.69) is 81.5 Å². The number of carbonyl (C=O) groups excluding carboxylic acids is 3. The molecule has 1 atom stereocenters. The fourth-order valence-electron chi connectivity index (χ4n) is 7.60. The highest BCUT2D eigenvalue weighted by atomic mass is 16.6. The van der Waals surface area contributed by atoms with Crippen LogP contribution in [0.15, 0.2) is 122 Å². The van der Waals surface area contributed by atoms with Crippen LogP contribution in [0.1, 0.15) is 245 Å². The van der Waals surface area contributed by atoms with E-state index in [1.807, 2.05) is 60.8 Å². The Hall–Kier alpha value is -4.19. The van der Waals surface area contributed by atoms with E-state index in [1.165, 1.54) is 96.3 Å². The molecule has 6 heteroatoms. The third kappa shape index (κ3) is 54.7. The van der Waals surface area contributed by atoms with E-state index in [9.17, 15) is 14.4 Å². The van der Waals surface area contributed by atoms with E-state index in [1.54, 1.807) is 0 Å². The van der Waals surface area contributed by atoms with Gasteiger partial charge in [0.2, 0.25) is 0 Å². The average molecular weight is 970 g/mol. The molecule has 0 aliphatic rings. The molecule has 0 spiro atoms. The Bertz CT molecular complexity index is 1490. The van der Waals surface area contributed by atoms with Crippen LogP contribution in [0.5, 0.6) is 0 Å². The minimum atomic E-state index is -0.811. The first kappa shape index (κ1) is 65.8. The van der Waals surface area contributed by atoms with Crippen molar-refractivity contribution in [1.82, 2.24) is 0 Å². The van der Waals surface area contributed by atoms with Gasteiger partial charge in [-0.3, -0.25) is 14.4 Å². The lowest BCUT2D eigenvalue weighted by Crippen LogP contribution is -2.30. The molecule has 0 aliphatic heterocycles. The number of allylic oxidation sites excluding steroid dienone is 20. The van der Waals surface area contributed by atoms with Gasteiger partial charge in [0, 0.05) is 19.3 Å². The maximum Gasteiger partial charge on any atom is 0.306 e. The van der Waals surface area contributed by atoms with Crippen LogP contribution in [0.25, 0.3) is 0 Å². The topological polar surface area (TPSA) is 78.9 Å². The van der Waals surface area contributed by atoms with Crippen molar-refractivity contribution in [2.75, 3.05) is 13.2 Å². The molecule has 0 heterocycles. The quantitative estimate of drug-likeness (QED) is 0.0199.